The maximum absolute atomic E-state index is 10.6. The Bertz CT molecular complexity index is 363. The number of morpholine rings is 1. The predicted octanol–water partition coefficient (Wildman–Crippen LogP) is 1.54. The van der Waals surface area contributed by atoms with Gasteiger partial charge in [-0.25, -0.2) is 0 Å². The number of carbonyl (C=O) groups is 1. The van der Waals surface area contributed by atoms with Crippen LogP contribution in [0.2, 0.25) is 0 Å². The molecular formula is C10H11NO2S. The summed E-state index contributed by atoms with van der Waals surface area (Å²) in [6.07, 6.45) is 2.48. The van der Waals surface area contributed by atoms with Crippen molar-refractivity contribution in [2.24, 2.45) is 0 Å². The number of nitrogens with zero attached hydrogens (tertiary/aromatic N) is 1. The van der Waals surface area contributed by atoms with Gasteiger partial charge in [0.15, 0.2) is 6.29 Å². The third kappa shape index (κ3) is 1.18. The second kappa shape index (κ2) is 3.07. The third-order valence-corrected chi connectivity index (χ3v) is 3.80. The van der Waals surface area contributed by atoms with E-state index in [2.05, 4.69) is 10.3 Å². The van der Waals surface area contributed by atoms with E-state index in [9.17, 15) is 4.79 Å². The van der Waals surface area contributed by atoms with Crippen LogP contribution in [0.4, 0.5) is 5.69 Å². The van der Waals surface area contributed by atoms with Crippen molar-refractivity contribution in [3.05, 3.63) is 16.3 Å². The molecule has 2 aliphatic rings. The molecule has 0 spiro atoms. The summed E-state index contributed by atoms with van der Waals surface area (Å²) >= 11 is 1.51. The van der Waals surface area contributed by atoms with Crippen LogP contribution in [0.15, 0.2) is 11.4 Å². The molecule has 2 fully saturated rings. The van der Waals surface area contributed by atoms with Gasteiger partial charge in [-0.05, 0) is 12.5 Å². The van der Waals surface area contributed by atoms with Crippen LogP contribution in [-0.2, 0) is 4.74 Å². The Balaban J connectivity index is 1.85. The fourth-order valence-corrected chi connectivity index (χ4v) is 2.98. The van der Waals surface area contributed by atoms with Gasteiger partial charge in [0.25, 0.3) is 0 Å². The zero-order chi connectivity index (χ0) is 9.54. The Labute approximate surface area is 86.3 Å². The lowest BCUT2D eigenvalue weighted by Gasteiger charge is -2.27. The fraction of sp³-hybridized carbons (Fsp3) is 0.500. The van der Waals surface area contributed by atoms with E-state index in [1.165, 1.54) is 17.0 Å². The van der Waals surface area contributed by atoms with Crippen molar-refractivity contribution in [2.45, 2.75) is 18.6 Å². The Morgan fingerprint density at radius 1 is 1.64 bits per heavy atom. The maximum Gasteiger partial charge on any atom is 0.160 e. The lowest BCUT2D eigenvalue weighted by Crippen LogP contribution is -2.36. The standard InChI is InChI=1S/C10H11NO2S/c12-4-10-2-8(6-14-10)11-3-9-1-7(11)5-13-9/h2,4,6-7,9H,1,3,5H2/t7-,9-/m0/s1. The molecule has 4 heteroatoms. The minimum absolute atomic E-state index is 0.416. The van der Waals surface area contributed by atoms with Crippen molar-refractivity contribution in [2.75, 3.05) is 18.1 Å². The van der Waals surface area contributed by atoms with Crippen LogP contribution in [0, 0.1) is 0 Å². The molecule has 0 amide bonds. The van der Waals surface area contributed by atoms with Crippen LogP contribution in [0.1, 0.15) is 16.1 Å². The lowest BCUT2D eigenvalue weighted by atomic mass is 10.2. The van der Waals surface area contributed by atoms with E-state index in [0.717, 1.165) is 30.7 Å². The van der Waals surface area contributed by atoms with Gasteiger partial charge in [0, 0.05) is 17.6 Å². The molecule has 0 radical (unpaired) electrons. The average Bonchev–Trinajstić information content (AvgIpc) is 2.93. The molecular weight excluding hydrogens is 198 g/mol. The smallest absolute Gasteiger partial charge is 0.160 e. The minimum Gasteiger partial charge on any atom is -0.374 e. The van der Waals surface area contributed by atoms with Crippen LogP contribution >= 0.6 is 11.3 Å². The van der Waals surface area contributed by atoms with Gasteiger partial charge in [-0.2, -0.15) is 0 Å². The maximum atomic E-state index is 10.6. The number of anilines is 1. The topological polar surface area (TPSA) is 29.5 Å². The molecule has 0 aliphatic carbocycles. The van der Waals surface area contributed by atoms with E-state index < -0.39 is 0 Å². The number of hydrogen-bond donors (Lipinski definition) is 0. The summed E-state index contributed by atoms with van der Waals surface area (Å²) in [5, 5.41) is 2.06. The highest BCUT2D eigenvalue weighted by molar-refractivity contribution is 7.12. The van der Waals surface area contributed by atoms with Crippen molar-refractivity contribution in [1.82, 2.24) is 0 Å². The molecule has 0 aromatic carbocycles. The summed E-state index contributed by atoms with van der Waals surface area (Å²) in [6.45, 7) is 1.83. The van der Waals surface area contributed by atoms with Gasteiger partial charge in [0.05, 0.1) is 23.6 Å². The first kappa shape index (κ1) is 8.44. The zero-order valence-corrected chi connectivity index (χ0v) is 8.50. The number of fused-ring (bicyclic) bond motifs is 2. The summed E-state index contributed by atoms with van der Waals surface area (Å²) < 4.78 is 5.53. The number of ether oxygens (including phenoxy) is 1. The minimum atomic E-state index is 0.416. The highest BCUT2D eigenvalue weighted by Crippen LogP contribution is 2.34. The monoisotopic (exact) mass is 209 g/mol. The SMILES string of the molecule is O=Cc1cc(N2C[C@@H]3C[C@H]2CO3)cs1. The molecule has 3 heterocycles. The summed E-state index contributed by atoms with van der Waals surface area (Å²) in [6, 6.07) is 2.51. The van der Waals surface area contributed by atoms with Crippen LogP contribution in [0.3, 0.4) is 0 Å². The number of carbonyl (C=O) groups excluding carboxylic acids is 1. The fourth-order valence-electron chi connectivity index (χ4n) is 2.27. The molecule has 3 rings (SSSR count). The van der Waals surface area contributed by atoms with Crippen molar-refractivity contribution in [1.29, 1.82) is 0 Å². The van der Waals surface area contributed by atoms with Crippen molar-refractivity contribution in [3.8, 4) is 0 Å². The zero-order valence-electron chi connectivity index (χ0n) is 7.68. The van der Waals surface area contributed by atoms with Gasteiger partial charge >= 0.3 is 0 Å². The highest BCUT2D eigenvalue weighted by Gasteiger charge is 2.39. The first-order valence-electron chi connectivity index (χ1n) is 4.79. The van der Waals surface area contributed by atoms with Crippen LogP contribution in [0.25, 0.3) is 0 Å². The van der Waals surface area contributed by atoms with Gasteiger partial charge in [0.2, 0.25) is 0 Å². The largest absolute Gasteiger partial charge is 0.374 e. The summed E-state index contributed by atoms with van der Waals surface area (Å²) in [7, 11) is 0. The molecule has 14 heavy (non-hydrogen) atoms. The third-order valence-electron chi connectivity index (χ3n) is 2.95. The Morgan fingerprint density at radius 2 is 2.57 bits per heavy atom. The van der Waals surface area contributed by atoms with Gasteiger partial charge in [-0.1, -0.05) is 0 Å². The molecule has 0 unspecified atom stereocenters. The van der Waals surface area contributed by atoms with Gasteiger partial charge in [0.1, 0.15) is 0 Å². The molecule has 1 aromatic heterocycles. The summed E-state index contributed by atoms with van der Waals surface area (Å²) in [5.74, 6) is 0. The molecule has 3 nitrogen and oxygen atoms in total. The first-order valence-corrected chi connectivity index (χ1v) is 5.67. The number of hydrogen-bond acceptors (Lipinski definition) is 4. The number of thiophene rings is 1. The Kier molecular flexibility index (Phi) is 1.85. The van der Waals surface area contributed by atoms with E-state index in [-0.39, 0.29) is 0 Å². The molecule has 2 bridgehead atoms. The molecule has 2 atom stereocenters. The van der Waals surface area contributed by atoms with Crippen molar-refractivity contribution < 1.29 is 9.53 Å². The second-order valence-electron chi connectivity index (χ2n) is 3.82. The van der Waals surface area contributed by atoms with E-state index in [4.69, 9.17) is 4.74 Å². The van der Waals surface area contributed by atoms with E-state index >= 15 is 0 Å². The Hall–Kier alpha value is -0.870. The Morgan fingerprint density at radius 3 is 3.14 bits per heavy atom. The van der Waals surface area contributed by atoms with E-state index in [1.54, 1.807) is 0 Å². The molecule has 74 valence electrons. The molecule has 2 aliphatic heterocycles. The van der Waals surface area contributed by atoms with Gasteiger partial charge < -0.3 is 9.64 Å². The van der Waals surface area contributed by atoms with E-state index in [0.29, 0.717) is 12.1 Å². The molecule has 0 saturated carbocycles. The molecule has 0 N–H and O–H groups in total. The number of rotatable bonds is 2. The second-order valence-corrected chi connectivity index (χ2v) is 4.77. The normalized spacial score (nSPS) is 29.9. The van der Waals surface area contributed by atoms with Gasteiger partial charge in [-0.15, -0.1) is 11.3 Å². The van der Waals surface area contributed by atoms with Crippen LogP contribution < -0.4 is 4.90 Å². The van der Waals surface area contributed by atoms with Crippen molar-refractivity contribution in [3.63, 3.8) is 0 Å². The quantitative estimate of drug-likeness (QED) is 0.692. The first-order chi connectivity index (χ1) is 6.86. The van der Waals surface area contributed by atoms with Crippen LogP contribution in [0.5, 0.6) is 0 Å². The number of aldehydes is 1. The average molecular weight is 209 g/mol. The molecule has 1 aromatic rings. The van der Waals surface area contributed by atoms with Gasteiger partial charge in [-0.3, -0.25) is 4.79 Å². The summed E-state index contributed by atoms with van der Waals surface area (Å²) in [4.78, 5) is 13.7. The predicted molar refractivity (Wildman–Crippen MR) is 55.2 cm³/mol. The highest BCUT2D eigenvalue weighted by atomic mass is 32.1. The lowest BCUT2D eigenvalue weighted by molar-refractivity contribution is 0.0991. The summed E-state index contributed by atoms with van der Waals surface area (Å²) in [5.41, 5.74) is 1.19. The van der Waals surface area contributed by atoms with Crippen LogP contribution in [-0.4, -0.2) is 31.6 Å². The van der Waals surface area contributed by atoms with Crippen molar-refractivity contribution >= 4 is 23.3 Å². The van der Waals surface area contributed by atoms with E-state index in [1.807, 2.05) is 6.07 Å². The molecule has 2 saturated heterocycles.